The first-order chi connectivity index (χ1) is 9.70. The van der Waals surface area contributed by atoms with Crippen LogP contribution < -0.4 is 0 Å². The van der Waals surface area contributed by atoms with Crippen LogP contribution in [-0.2, 0) is 23.6 Å². The highest BCUT2D eigenvalue weighted by Gasteiger charge is 2.30. The summed E-state index contributed by atoms with van der Waals surface area (Å²) in [5.74, 6) is 2.25. The van der Waals surface area contributed by atoms with Crippen molar-refractivity contribution in [1.82, 2.24) is 24.0 Å². The van der Waals surface area contributed by atoms with Gasteiger partial charge in [0.25, 0.3) is 0 Å². The van der Waals surface area contributed by atoms with Crippen molar-refractivity contribution < 1.29 is 8.42 Å². The van der Waals surface area contributed by atoms with Gasteiger partial charge in [0, 0.05) is 38.6 Å². The quantitative estimate of drug-likeness (QED) is 0.804. The van der Waals surface area contributed by atoms with Crippen molar-refractivity contribution in [1.29, 1.82) is 0 Å². The van der Waals surface area contributed by atoms with Crippen molar-refractivity contribution in [3.05, 3.63) is 11.6 Å². The summed E-state index contributed by atoms with van der Waals surface area (Å²) >= 11 is 0. The summed E-state index contributed by atoms with van der Waals surface area (Å²) in [6.45, 7) is 8.83. The molecule has 1 aromatic heterocycles. The highest BCUT2D eigenvalue weighted by molar-refractivity contribution is 7.88. The number of aromatic nitrogens is 3. The van der Waals surface area contributed by atoms with Crippen LogP contribution in [0.15, 0.2) is 0 Å². The lowest BCUT2D eigenvalue weighted by Crippen LogP contribution is -2.53. The molecule has 0 radical (unpaired) electrons. The molecule has 1 atom stereocenters. The van der Waals surface area contributed by atoms with Crippen LogP contribution in [0.25, 0.3) is 0 Å². The zero-order valence-electron chi connectivity index (χ0n) is 13.4. The Morgan fingerprint density at radius 3 is 2.43 bits per heavy atom. The van der Waals surface area contributed by atoms with E-state index < -0.39 is 10.0 Å². The Labute approximate surface area is 127 Å². The van der Waals surface area contributed by atoms with Crippen LogP contribution in [0.5, 0.6) is 0 Å². The van der Waals surface area contributed by atoms with Crippen LogP contribution in [0.1, 0.15) is 38.3 Å². The number of hydrogen-bond donors (Lipinski definition) is 0. The molecule has 0 unspecified atom stereocenters. The molecule has 1 aliphatic rings. The molecule has 1 aliphatic heterocycles. The van der Waals surface area contributed by atoms with Gasteiger partial charge in [-0.1, -0.05) is 13.8 Å². The monoisotopic (exact) mass is 315 g/mol. The topological polar surface area (TPSA) is 71.3 Å². The fourth-order valence-corrected chi connectivity index (χ4v) is 4.00. The molecule has 1 fully saturated rings. The van der Waals surface area contributed by atoms with Crippen LogP contribution in [0, 0.1) is 0 Å². The predicted octanol–water partition coefficient (Wildman–Crippen LogP) is 0.404. The van der Waals surface area contributed by atoms with E-state index in [1.54, 1.807) is 4.31 Å². The van der Waals surface area contributed by atoms with Crippen LogP contribution in [0.3, 0.4) is 0 Å². The average Bonchev–Trinajstić information content (AvgIpc) is 2.69. The number of rotatable bonds is 4. The normalized spacial score (nSPS) is 22.1. The molecule has 7 nitrogen and oxygen atoms in total. The summed E-state index contributed by atoms with van der Waals surface area (Å²) < 4.78 is 27.0. The van der Waals surface area contributed by atoms with E-state index in [0.29, 0.717) is 19.0 Å². The third kappa shape index (κ3) is 3.61. The van der Waals surface area contributed by atoms with E-state index in [-0.39, 0.29) is 6.04 Å². The van der Waals surface area contributed by atoms with Crippen LogP contribution >= 0.6 is 0 Å². The molecular weight excluding hydrogens is 290 g/mol. The smallest absolute Gasteiger partial charge is 0.211 e. The summed E-state index contributed by atoms with van der Waals surface area (Å²) in [5.41, 5.74) is 0. The van der Waals surface area contributed by atoms with Crippen molar-refractivity contribution in [2.75, 3.05) is 25.9 Å². The molecule has 0 spiro atoms. The lowest BCUT2D eigenvalue weighted by molar-refractivity contribution is 0.135. The Bertz CT molecular complexity index is 596. The zero-order valence-corrected chi connectivity index (χ0v) is 14.3. The van der Waals surface area contributed by atoms with Crippen LogP contribution in [-0.4, -0.2) is 64.3 Å². The summed E-state index contributed by atoms with van der Waals surface area (Å²) in [7, 11) is -1.13. The fourth-order valence-electron chi connectivity index (χ4n) is 2.87. The number of sulfonamides is 1. The third-order valence-electron chi connectivity index (χ3n) is 3.96. The molecule has 2 rings (SSSR count). The summed E-state index contributed by atoms with van der Waals surface area (Å²) in [4.78, 5) is 2.24. The standard InChI is InChI=1S/C13H25N5O2S/c1-10(2)13-15-14-12(16(13)4)9-17-6-7-18(11(3)8-17)21(5,19)20/h10-11H,6-9H2,1-5H3/t11-/m0/s1. The third-order valence-corrected chi connectivity index (χ3v) is 5.35. The van der Waals surface area contributed by atoms with Gasteiger partial charge in [-0.3, -0.25) is 4.90 Å². The summed E-state index contributed by atoms with van der Waals surface area (Å²) in [5, 5.41) is 8.50. The van der Waals surface area contributed by atoms with Crippen molar-refractivity contribution in [2.24, 2.45) is 7.05 Å². The van der Waals surface area contributed by atoms with E-state index in [1.807, 2.05) is 18.5 Å². The fraction of sp³-hybridized carbons (Fsp3) is 0.846. The largest absolute Gasteiger partial charge is 0.317 e. The minimum atomic E-state index is -3.11. The molecule has 0 aliphatic carbocycles. The first kappa shape index (κ1) is 16.4. The first-order valence-corrected chi connectivity index (χ1v) is 9.12. The van der Waals surface area contributed by atoms with E-state index in [1.165, 1.54) is 6.26 Å². The molecule has 120 valence electrons. The molecule has 0 saturated carbocycles. The van der Waals surface area contributed by atoms with E-state index in [9.17, 15) is 8.42 Å². The zero-order chi connectivity index (χ0) is 15.8. The highest BCUT2D eigenvalue weighted by Crippen LogP contribution is 2.17. The second-order valence-electron chi connectivity index (χ2n) is 6.15. The van der Waals surface area contributed by atoms with E-state index in [0.717, 1.165) is 24.7 Å². The van der Waals surface area contributed by atoms with Gasteiger partial charge in [0.05, 0.1) is 12.8 Å². The highest BCUT2D eigenvalue weighted by atomic mass is 32.2. The van der Waals surface area contributed by atoms with Crippen LogP contribution in [0.4, 0.5) is 0 Å². The Morgan fingerprint density at radius 2 is 1.95 bits per heavy atom. The molecular formula is C13H25N5O2S. The summed E-state index contributed by atoms with van der Waals surface area (Å²) in [6.07, 6.45) is 1.27. The van der Waals surface area contributed by atoms with Gasteiger partial charge in [-0.05, 0) is 6.92 Å². The van der Waals surface area contributed by atoms with Crippen LogP contribution in [0.2, 0.25) is 0 Å². The maximum Gasteiger partial charge on any atom is 0.211 e. The Kier molecular flexibility index (Phi) is 4.69. The number of nitrogens with zero attached hydrogens (tertiary/aromatic N) is 5. The predicted molar refractivity (Wildman–Crippen MR) is 81.4 cm³/mol. The van der Waals surface area contributed by atoms with Gasteiger partial charge in [0.1, 0.15) is 11.6 Å². The van der Waals surface area contributed by atoms with E-state index >= 15 is 0 Å². The van der Waals surface area contributed by atoms with Gasteiger partial charge in [-0.2, -0.15) is 4.31 Å². The van der Waals surface area contributed by atoms with Gasteiger partial charge >= 0.3 is 0 Å². The maximum atomic E-state index is 11.7. The molecule has 0 N–H and O–H groups in total. The number of hydrogen-bond acceptors (Lipinski definition) is 5. The lowest BCUT2D eigenvalue weighted by atomic mass is 10.2. The molecule has 0 bridgehead atoms. The van der Waals surface area contributed by atoms with Gasteiger partial charge in [-0.25, -0.2) is 8.42 Å². The maximum absolute atomic E-state index is 11.7. The minimum Gasteiger partial charge on any atom is -0.317 e. The van der Waals surface area contributed by atoms with Gasteiger partial charge < -0.3 is 4.57 Å². The molecule has 1 aromatic rings. The Morgan fingerprint density at radius 1 is 1.29 bits per heavy atom. The number of piperazine rings is 1. The molecule has 8 heteroatoms. The Balaban J connectivity index is 2.03. The van der Waals surface area contributed by atoms with E-state index in [2.05, 4.69) is 28.9 Å². The van der Waals surface area contributed by atoms with Crippen molar-refractivity contribution in [3.8, 4) is 0 Å². The van der Waals surface area contributed by atoms with E-state index in [4.69, 9.17) is 0 Å². The second kappa shape index (κ2) is 6.02. The van der Waals surface area contributed by atoms with Crippen molar-refractivity contribution >= 4 is 10.0 Å². The Hall–Kier alpha value is -0.990. The molecule has 21 heavy (non-hydrogen) atoms. The molecule has 1 saturated heterocycles. The minimum absolute atomic E-state index is 0.00783. The molecule has 0 aromatic carbocycles. The second-order valence-corrected chi connectivity index (χ2v) is 8.08. The lowest BCUT2D eigenvalue weighted by Gasteiger charge is -2.37. The average molecular weight is 315 g/mol. The van der Waals surface area contributed by atoms with Crippen molar-refractivity contribution in [2.45, 2.75) is 39.3 Å². The molecule has 0 amide bonds. The van der Waals surface area contributed by atoms with Gasteiger partial charge in [0.2, 0.25) is 10.0 Å². The van der Waals surface area contributed by atoms with Gasteiger partial charge in [-0.15, -0.1) is 10.2 Å². The first-order valence-electron chi connectivity index (χ1n) is 7.27. The molecule has 2 heterocycles. The van der Waals surface area contributed by atoms with Crippen molar-refractivity contribution in [3.63, 3.8) is 0 Å². The van der Waals surface area contributed by atoms with Gasteiger partial charge in [0.15, 0.2) is 0 Å². The SMILES string of the molecule is CC(C)c1nnc(CN2CCN(S(C)(=O)=O)[C@@H](C)C2)n1C. The summed E-state index contributed by atoms with van der Waals surface area (Å²) in [6, 6.07) is -0.00783.